The van der Waals surface area contributed by atoms with E-state index in [0.717, 1.165) is 37.1 Å². The molecule has 0 amide bonds. The average molecular weight is 516 g/mol. The van der Waals surface area contributed by atoms with Crippen molar-refractivity contribution >= 4 is 37.6 Å². The second kappa shape index (κ2) is 8.69. The fraction of sp³-hybridized carbons (Fsp3) is 0.174. The summed E-state index contributed by atoms with van der Waals surface area (Å²) < 4.78 is 7.24. The van der Waals surface area contributed by atoms with Gasteiger partial charge in [0.25, 0.3) is 0 Å². The van der Waals surface area contributed by atoms with Crippen LogP contribution in [0.2, 0.25) is 0 Å². The molecule has 4 rings (SSSR count). The lowest BCUT2D eigenvalue weighted by atomic mass is 9.93. The van der Waals surface area contributed by atoms with Crippen molar-refractivity contribution in [2.75, 3.05) is 7.11 Å². The predicted octanol–water partition coefficient (Wildman–Crippen LogP) is 6.15. The molecule has 148 valence electrons. The molecule has 0 aromatic heterocycles. The molecule has 2 N–H and O–H groups in total. The minimum atomic E-state index is -0.211. The molecule has 0 aliphatic carbocycles. The monoisotopic (exact) mass is 514 g/mol. The van der Waals surface area contributed by atoms with E-state index >= 15 is 0 Å². The van der Waals surface area contributed by atoms with Crippen LogP contribution in [0.4, 0.5) is 0 Å². The molecule has 0 unspecified atom stereocenters. The molecule has 3 aromatic rings. The zero-order chi connectivity index (χ0) is 20.4. The number of halogens is 2. The highest BCUT2D eigenvalue weighted by Crippen LogP contribution is 2.36. The molecule has 0 saturated heterocycles. The van der Waals surface area contributed by atoms with Crippen molar-refractivity contribution in [1.82, 2.24) is 5.32 Å². The van der Waals surface area contributed by atoms with Gasteiger partial charge in [0.15, 0.2) is 0 Å². The molecule has 3 aromatic carbocycles. The third kappa shape index (κ3) is 4.55. The Morgan fingerprint density at radius 1 is 0.966 bits per heavy atom. The highest BCUT2D eigenvalue weighted by Gasteiger charge is 2.27. The van der Waals surface area contributed by atoms with Crippen molar-refractivity contribution in [3.05, 3.63) is 92.4 Å². The van der Waals surface area contributed by atoms with Crippen LogP contribution in [-0.4, -0.2) is 17.9 Å². The van der Waals surface area contributed by atoms with Gasteiger partial charge in [-0.1, -0.05) is 44.0 Å². The number of nitrogens with zero attached hydrogens (tertiary/aromatic N) is 1. The van der Waals surface area contributed by atoms with Crippen molar-refractivity contribution in [2.24, 2.45) is 4.99 Å². The smallest absolute Gasteiger partial charge is 0.126 e. The molecule has 0 bridgehead atoms. The van der Waals surface area contributed by atoms with E-state index in [-0.39, 0.29) is 18.0 Å². The number of methoxy groups -OCH3 is 1. The molecule has 2 atom stereocenters. The number of rotatable bonds is 4. The number of benzene rings is 3. The summed E-state index contributed by atoms with van der Waals surface area (Å²) in [6.07, 6.45) is 0.459. The van der Waals surface area contributed by atoms with Crippen LogP contribution in [0.25, 0.3) is 0 Å². The van der Waals surface area contributed by atoms with Gasteiger partial charge in [-0.3, -0.25) is 10.3 Å². The maximum Gasteiger partial charge on any atom is 0.126 e. The molecule has 0 radical (unpaired) electrons. The Hall–Kier alpha value is -2.15. The van der Waals surface area contributed by atoms with Crippen LogP contribution < -0.4 is 10.1 Å². The number of aliphatic imine (C=N–C) groups is 1. The number of phenolic OH excluding ortho intramolecular Hbond substituents is 1. The summed E-state index contributed by atoms with van der Waals surface area (Å²) in [5.74, 6) is 1.09. The van der Waals surface area contributed by atoms with Gasteiger partial charge in [0.2, 0.25) is 0 Å². The zero-order valence-corrected chi connectivity index (χ0v) is 18.9. The third-order valence-electron chi connectivity index (χ3n) is 5.02. The van der Waals surface area contributed by atoms with Crippen LogP contribution in [0.3, 0.4) is 0 Å². The Labute approximate surface area is 186 Å². The normalized spacial score (nSPS) is 18.9. The molecule has 1 aliphatic heterocycles. The van der Waals surface area contributed by atoms with Gasteiger partial charge in [-0.25, -0.2) is 0 Å². The van der Waals surface area contributed by atoms with Crippen LogP contribution in [0, 0.1) is 0 Å². The summed E-state index contributed by atoms with van der Waals surface area (Å²) >= 11 is 7.01. The molecule has 1 heterocycles. The number of hydrogen-bond donors (Lipinski definition) is 2. The maximum atomic E-state index is 10.5. The molecule has 0 spiro atoms. The van der Waals surface area contributed by atoms with E-state index in [2.05, 4.69) is 49.3 Å². The topological polar surface area (TPSA) is 53.8 Å². The van der Waals surface area contributed by atoms with Crippen LogP contribution in [0.1, 0.15) is 35.3 Å². The van der Waals surface area contributed by atoms with Gasteiger partial charge < -0.3 is 9.84 Å². The molecular weight excluding hydrogens is 496 g/mol. The van der Waals surface area contributed by atoms with E-state index < -0.39 is 0 Å². The van der Waals surface area contributed by atoms with Crippen molar-refractivity contribution in [1.29, 1.82) is 0 Å². The molecule has 0 fully saturated rings. The first-order valence-corrected chi connectivity index (χ1v) is 10.8. The van der Waals surface area contributed by atoms with Gasteiger partial charge in [0.1, 0.15) is 17.7 Å². The second-order valence-corrected chi connectivity index (χ2v) is 8.72. The number of ether oxygens (including phenoxy) is 1. The molecule has 6 heteroatoms. The first kappa shape index (κ1) is 20.1. The molecule has 4 nitrogen and oxygen atoms in total. The Balaban J connectivity index is 1.75. The highest BCUT2D eigenvalue weighted by atomic mass is 79.9. The lowest BCUT2D eigenvalue weighted by Crippen LogP contribution is -2.33. The van der Waals surface area contributed by atoms with Crippen molar-refractivity contribution < 1.29 is 9.84 Å². The first-order chi connectivity index (χ1) is 14.0. The number of hydrogen-bond acceptors (Lipinski definition) is 4. The molecule has 29 heavy (non-hydrogen) atoms. The quantitative estimate of drug-likeness (QED) is 0.438. The van der Waals surface area contributed by atoms with E-state index in [9.17, 15) is 5.11 Å². The summed E-state index contributed by atoms with van der Waals surface area (Å²) in [6.45, 7) is 0. The minimum absolute atomic E-state index is 0.0734. The van der Waals surface area contributed by atoms with Crippen LogP contribution >= 0.6 is 31.9 Å². The van der Waals surface area contributed by atoms with E-state index in [4.69, 9.17) is 9.73 Å². The number of aromatic hydroxyl groups is 1. The fourth-order valence-corrected chi connectivity index (χ4v) is 4.13. The summed E-state index contributed by atoms with van der Waals surface area (Å²) in [5.41, 5.74) is 3.96. The van der Waals surface area contributed by atoms with Gasteiger partial charge in [-0.2, -0.15) is 0 Å². The lowest BCUT2D eigenvalue weighted by molar-refractivity contribution is 0.412. The van der Waals surface area contributed by atoms with E-state index in [0.29, 0.717) is 6.42 Å². The zero-order valence-electron chi connectivity index (χ0n) is 15.8. The highest BCUT2D eigenvalue weighted by molar-refractivity contribution is 9.10. The molecular formula is C23H20Br2N2O2. The second-order valence-electron chi connectivity index (χ2n) is 6.88. The van der Waals surface area contributed by atoms with Crippen molar-refractivity contribution in [3.8, 4) is 11.5 Å². The largest absolute Gasteiger partial charge is 0.508 e. The maximum absolute atomic E-state index is 10.5. The summed E-state index contributed by atoms with van der Waals surface area (Å²) in [4.78, 5) is 4.99. The lowest BCUT2D eigenvalue weighted by Gasteiger charge is -2.31. The third-order valence-corrected chi connectivity index (χ3v) is 6.04. The van der Waals surface area contributed by atoms with Gasteiger partial charge in [-0.15, -0.1) is 0 Å². The molecule has 0 saturated carbocycles. The summed E-state index contributed by atoms with van der Waals surface area (Å²) in [6, 6.07) is 21.5. The Morgan fingerprint density at radius 3 is 2.34 bits per heavy atom. The van der Waals surface area contributed by atoms with E-state index in [1.165, 1.54) is 0 Å². The van der Waals surface area contributed by atoms with Gasteiger partial charge in [0, 0.05) is 32.7 Å². The minimum Gasteiger partial charge on any atom is -0.508 e. The van der Waals surface area contributed by atoms with Crippen LogP contribution in [-0.2, 0) is 0 Å². The van der Waals surface area contributed by atoms with Crippen molar-refractivity contribution in [3.63, 3.8) is 0 Å². The fourth-order valence-electron chi connectivity index (χ4n) is 3.48. The average Bonchev–Trinajstić information content (AvgIpc) is 2.75. The van der Waals surface area contributed by atoms with Gasteiger partial charge in [-0.05, 0) is 65.7 Å². The SMILES string of the molecule is COc1ccc(C2=N[C@@H](c3ccc(Br)cc3)N[C@H](c3cc(Br)ccc3O)C2)cc1. The van der Waals surface area contributed by atoms with Gasteiger partial charge in [0.05, 0.1) is 7.11 Å². The van der Waals surface area contributed by atoms with E-state index in [1.54, 1.807) is 13.2 Å². The van der Waals surface area contributed by atoms with Crippen LogP contribution in [0.5, 0.6) is 11.5 Å². The van der Waals surface area contributed by atoms with E-state index in [1.807, 2.05) is 48.5 Å². The summed E-state index contributed by atoms with van der Waals surface area (Å²) in [7, 11) is 1.66. The standard InChI is InChI=1S/C23H20Br2N2O2/c1-29-18-9-4-14(5-10-18)20-13-21(19-12-17(25)8-11-22(19)28)27-23(26-20)15-2-6-16(24)7-3-15/h2-12,21,23,27-28H,13H2,1H3/t21-,23+/m0/s1. The Bertz CT molecular complexity index is 1030. The number of nitrogens with one attached hydrogen (secondary N) is 1. The predicted molar refractivity (Wildman–Crippen MR) is 123 cm³/mol. The summed E-state index contributed by atoms with van der Waals surface area (Å²) in [5, 5.41) is 14.1. The Morgan fingerprint density at radius 2 is 1.66 bits per heavy atom. The molecule has 1 aliphatic rings. The van der Waals surface area contributed by atoms with Gasteiger partial charge >= 0.3 is 0 Å². The van der Waals surface area contributed by atoms with Crippen molar-refractivity contribution in [2.45, 2.75) is 18.6 Å². The van der Waals surface area contributed by atoms with Crippen LogP contribution in [0.15, 0.2) is 80.7 Å². The first-order valence-electron chi connectivity index (χ1n) is 9.24. The Kier molecular flexibility index (Phi) is 6.04. The number of phenols is 1.